The molecule has 0 bridgehead atoms. The van der Waals surface area contributed by atoms with Crippen LogP contribution >= 0.6 is 0 Å². The van der Waals surface area contributed by atoms with Crippen LogP contribution in [0.3, 0.4) is 0 Å². The van der Waals surface area contributed by atoms with Gasteiger partial charge in [0.15, 0.2) is 0 Å². The molecular weight excluding hydrogens is 214 g/mol. The van der Waals surface area contributed by atoms with Crippen LogP contribution in [-0.4, -0.2) is 9.78 Å². The molecule has 0 aliphatic rings. The lowest BCUT2D eigenvalue weighted by molar-refractivity contribution is 0.499. The molecule has 1 unspecified atom stereocenters. The normalized spacial score (nSPS) is 12.7. The summed E-state index contributed by atoms with van der Waals surface area (Å²) in [5.74, 6) is 2.82. The number of furan rings is 1. The highest BCUT2D eigenvalue weighted by atomic mass is 16.3. The highest BCUT2D eigenvalue weighted by molar-refractivity contribution is 5.38. The standard InChI is InChI=1S/C13H19N3O/c1-5-16-7-6-13(15-16)14-10(3)12-8-9(2)17-11(12)4/h6-8,10H,5H2,1-4H3,(H,14,15). The van der Waals surface area contributed by atoms with Crippen LogP contribution in [0.4, 0.5) is 5.82 Å². The van der Waals surface area contributed by atoms with Crippen LogP contribution in [0.15, 0.2) is 22.7 Å². The number of hydrogen-bond acceptors (Lipinski definition) is 3. The van der Waals surface area contributed by atoms with Crippen molar-refractivity contribution in [2.75, 3.05) is 5.32 Å². The Labute approximate surface area is 102 Å². The smallest absolute Gasteiger partial charge is 0.148 e. The minimum Gasteiger partial charge on any atom is -0.466 e. The third kappa shape index (κ3) is 2.52. The number of aromatic nitrogens is 2. The molecule has 0 aromatic carbocycles. The predicted molar refractivity (Wildman–Crippen MR) is 68.1 cm³/mol. The van der Waals surface area contributed by atoms with Gasteiger partial charge in [0.25, 0.3) is 0 Å². The van der Waals surface area contributed by atoms with Crippen molar-refractivity contribution >= 4 is 5.82 Å². The fourth-order valence-corrected chi connectivity index (χ4v) is 1.99. The summed E-state index contributed by atoms with van der Waals surface area (Å²) in [7, 11) is 0. The maximum Gasteiger partial charge on any atom is 0.148 e. The Kier molecular flexibility index (Phi) is 3.22. The van der Waals surface area contributed by atoms with Gasteiger partial charge in [-0.05, 0) is 33.8 Å². The van der Waals surface area contributed by atoms with Crippen LogP contribution in [0.1, 0.15) is 37.0 Å². The molecule has 0 fully saturated rings. The van der Waals surface area contributed by atoms with Crippen LogP contribution in [-0.2, 0) is 6.54 Å². The first-order valence-corrected chi connectivity index (χ1v) is 5.97. The number of anilines is 1. The second-order valence-electron chi connectivity index (χ2n) is 4.29. The van der Waals surface area contributed by atoms with Gasteiger partial charge in [-0.3, -0.25) is 4.68 Å². The van der Waals surface area contributed by atoms with Gasteiger partial charge in [-0.1, -0.05) is 0 Å². The molecule has 4 nitrogen and oxygen atoms in total. The molecule has 2 aromatic rings. The highest BCUT2D eigenvalue weighted by Crippen LogP contribution is 2.24. The van der Waals surface area contributed by atoms with E-state index in [1.165, 1.54) is 5.56 Å². The van der Waals surface area contributed by atoms with E-state index in [0.29, 0.717) is 0 Å². The monoisotopic (exact) mass is 233 g/mol. The molecule has 1 atom stereocenters. The Balaban J connectivity index is 2.11. The van der Waals surface area contributed by atoms with Crippen molar-refractivity contribution in [1.82, 2.24) is 9.78 Å². The summed E-state index contributed by atoms with van der Waals surface area (Å²) in [5, 5.41) is 7.78. The van der Waals surface area contributed by atoms with Gasteiger partial charge in [-0.2, -0.15) is 5.10 Å². The van der Waals surface area contributed by atoms with Crippen LogP contribution in [0, 0.1) is 13.8 Å². The van der Waals surface area contributed by atoms with Crippen molar-refractivity contribution in [2.24, 2.45) is 0 Å². The molecule has 0 saturated heterocycles. The molecule has 17 heavy (non-hydrogen) atoms. The van der Waals surface area contributed by atoms with E-state index in [2.05, 4.69) is 30.3 Å². The number of hydrogen-bond donors (Lipinski definition) is 1. The van der Waals surface area contributed by atoms with Crippen LogP contribution < -0.4 is 5.32 Å². The average molecular weight is 233 g/mol. The zero-order valence-corrected chi connectivity index (χ0v) is 10.8. The van der Waals surface area contributed by atoms with Crippen LogP contribution in [0.5, 0.6) is 0 Å². The molecule has 0 amide bonds. The summed E-state index contributed by atoms with van der Waals surface area (Å²) < 4.78 is 7.44. The zero-order chi connectivity index (χ0) is 12.4. The summed E-state index contributed by atoms with van der Waals surface area (Å²) in [5.41, 5.74) is 1.19. The third-order valence-corrected chi connectivity index (χ3v) is 2.87. The molecule has 0 radical (unpaired) electrons. The van der Waals surface area contributed by atoms with E-state index in [4.69, 9.17) is 4.42 Å². The second-order valence-corrected chi connectivity index (χ2v) is 4.29. The topological polar surface area (TPSA) is 43.0 Å². The van der Waals surface area contributed by atoms with Gasteiger partial charge in [0, 0.05) is 24.4 Å². The van der Waals surface area contributed by atoms with Crippen molar-refractivity contribution in [2.45, 2.75) is 40.3 Å². The Morgan fingerprint density at radius 3 is 2.76 bits per heavy atom. The van der Waals surface area contributed by atoms with Crippen molar-refractivity contribution in [1.29, 1.82) is 0 Å². The SMILES string of the molecule is CCn1ccc(NC(C)c2cc(C)oc2C)n1. The molecule has 2 rings (SSSR count). The van der Waals surface area contributed by atoms with E-state index < -0.39 is 0 Å². The Bertz CT molecular complexity index is 498. The first kappa shape index (κ1) is 11.8. The first-order valence-electron chi connectivity index (χ1n) is 5.97. The van der Waals surface area contributed by atoms with Gasteiger partial charge in [0.05, 0.1) is 6.04 Å². The lowest BCUT2D eigenvalue weighted by atomic mass is 10.1. The van der Waals surface area contributed by atoms with Gasteiger partial charge in [-0.25, -0.2) is 0 Å². The van der Waals surface area contributed by atoms with Gasteiger partial charge in [0.1, 0.15) is 17.3 Å². The maximum absolute atomic E-state index is 5.53. The fraction of sp³-hybridized carbons (Fsp3) is 0.462. The molecule has 2 aromatic heterocycles. The van der Waals surface area contributed by atoms with Crippen LogP contribution in [0.2, 0.25) is 0 Å². The summed E-state index contributed by atoms with van der Waals surface area (Å²) >= 11 is 0. The molecule has 92 valence electrons. The summed E-state index contributed by atoms with van der Waals surface area (Å²) in [4.78, 5) is 0. The summed E-state index contributed by atoms with van der Waals surface area (Å²) in [6, 6.07) is 4.26. The number of nitrogens with zero attached hydrogens (tertiary/aromatic N) is 2. The highest BCUT2D eigenvalue weighted by Gasteiger charge is 2.13. The summed E-state index contributed by atoms with van der Waals surface area (Å²) in [6.07, 6.45) is 1.97. The largest absolute Gasteiger partial charge is 0.466 e. The van der Waals surface area contributed by atoms with E-state index in [-0.39, 0.29) is 6.04 Å². The van der Waals surface area contributed by atoms with Crippen LogP contribution in [0.25, 0.3) is 0 Å². The first-order chi connectivity index (χ1) is 8.10. The minimum atomic E-state index is 0.202. The molecule has 0 aliphatic carbocycles. The maximum atomic E-state index is 5.53. The molecular formula is C13H19N3O. The van der Waals surface area contributed by atoms with Crippen molar-refractivity contribution < 1.29 is 4.42 Å². The van der Waals surface area contributed by atoms with E-state index >= 15 is 0 Å². The van der Waals surface area contributed by atoms with E-state index in [1.54, 1.807) is 0 Å². The number of nitrogens with one attached hydrogen (secondary N) is 1. The lowest BCUT2D eigenvalue weighted by Crippen LogP contribution is -2.08. The predicted octanol–water partition coefficient (Wildman–Crippen LogP) is 3.29. The van der Waals surface area contributed by atoms with Crippen molar-refractivity contribution in [3.05, 3.63) is 35.4 Å². The van der Waals surface area contributed by atoms with E-state index in [9.17, 15) is 0 Å². The Hall–Kier alpha value is -1.71. The third-order valence-electron chi connectivity index (χ3n) is 2.87. The molecule has 4 heteroatoms. The quantitative estimate of drug-likeness (QED) is 0.881. The van der Waals surface area contributed by atoms with Gasteiger partial charge >= 0.3 is 0 Å². The minimum absolute atomic E-state index is 0.202. The number of rotatable bonds is 4. The molecule has 0 saturated carbocycles. The average Bonchev–Trinajstić information content (AvgIpc) is 2.85. The van der Waals surface area contributed by atoms with Gasteiger partial charge in [0.2, 0.25) is 0 Å². The van der Waals surface area contributed by atoms with Gasteiger partial charge in [-0.15, -0.1) is 0 Å². The summed E-state index contributed by atoms with van der Waals surface area (Å²) in [6.45, 7) is 9.03. The molecule has 2 heterocycles. The van der Waals surface area contributed by atoms with Gasteiger partial charge < -0.3 is 9.73 Å². The van der Waals surface area contributed by atoms with E-state index in [0.717, 1.165) is 23.9 Å². The fourth-order valence-electron chi connectivity index (χ4n) is 1.99. The van der Waals surface area contributed by atoms with Crippen molar-refractivity contribution in [3.63, 3.8) is 0 Å². The Morgan fingerprint density at radius 2 is 2.24 bits per heavy atom. The number of aryl methyl sites for hydroxylation is 3. The molecule has 0 spiro atoms. The second kappa shape index (κ2) is 4.65. The zero-order valence-electron chi connectivity index (χ0n) is 10.8. The van der Waals surface area contributed by atoms with Crippen molar-refractivity contribution in [3.8, 4) is 0 Å². The molecule has 0 aliphatic heterocycles. The molecule has 1 N–H and O–H groups in total. The van der Waals surface area contributed by atoms with E-state index in [1.807, 2.05) is 30.8 Å². The Morgan fingerprint density at radius 1 is 1.47 bits per heavy atom. The lowest BCUT2D eigenvalue weighted by Gasteiger charge is -2.12.